The second-order valence-electron chi connectivity index (χ2n) is 4.58. The van der Waals surface area contributed by atoms with E-state index in [4.69, 9.17) is 5.26 Å². The molecule has 0 saturated carbocycles. The van der Waals surface area contributed by atoms with Crippen LogP contribution in [0.1, 0.15) is 15.9 Å². The van der Waals surface area contributed by atoms with Crippen molar-refractivity contribution in [1.82, 2.24) is 4.57 Å². The molecule has 0 N–H and O–H groups in total. The zero-order valence-corrected chi connectivity index (χ0v) is 10.8. The largest absolute Gasteiger partial charge is 0.340 e. The molecule has 20 heavy (non-hydrogen) atoms. The highest BCUT2D eigenvalue weighted by molar-refractivity contribution is 5.97. The van der Waals surface area contributed by atoms with Gasteiger partial charge in [0.15, 0.2) is 5.78 Å². The zero-order chi connectivity index (χ0) is 13.9. The van der Waals surface area contributed by atoms with Crippen LogP contribution in [0.3, 0.4) is 0 Å². The Kier molecular flexibility index (Phi) is 3.06. The molecule has 1 aromatic heterocycles. The van der Waals surface area contributed by atoms with Crippen molar-refractivity contribution in [2.45, 2.75) is 6.54 Å². The lowest BCUT2D eigenvalue weighted by Gasteiger charge is -2.05. The van der Waals surface area contributed by atoms with E-state index in [9.17, 15) is 4.79 Å². The molecule has 3 nitrogen and oxygen atoms in total. The average molecular weight is 260 g/mol. The number of ketones is 1. The summed E-state index contributed by atoms with van der Waals surface area (Å²) in [5, 5.41) is 9.96. The highest BCUT2D eigenvalue weighted by Gasteiger charge is 2.09. The second kappa shape index (κ2) is 5.02. The number of nitriles is 1. The minimum Gasteiger partial charge on any atom is -0.340 e. The number of hydrogen-bond donors (Lipinski definition) is 0. The standard InChI is InChI=1S/C17H12N2O/c18-11-14-7-4-8-16-15(14)9-10-19(16)12-17(20)13-5-2-1-3-6-13/h1-10H,12H2. The molecule has 0 amide bonds. The van der Waals surface area contributed by atoms with Crippen molar-refractivity contribution in [1.29, 1.82) is 5.26 Å². The van der Waals surface area contributed by atoms with E-state index in [1.165, 1.54) is 0 Å². The number of Topliss-reactive ketones (excluding diaryl/α,β-unsaturated/α-hetero) is 1. The number of carbonyl (C=O) groups excluding carboxylic acids is 1. The zero-order valence-electron chi connectivity index (χ0n) is 10.8. The minimum atomic E-state index is 0.0606. The van der Waals surface area contributed by atoms with Gasteiger partial charge in [-0.15, -0.1) is 0 Å². The van der Waals surface area contributed by atoms with Crippen molar-refractivity contribution in [2.24, 2.45) is 0 Å². The Labute approximate surface area is 116 Å². The van der Waals surface area contributed by atoms with Gasteiger partial charge in [0, 0.05) is 22.7 Å². The predicted octanol–water partition coefficient (Wildman–Crippen LogP) is 3.40. The summed E-state index contributed by atoms with van der Waals surface area (Å²) < 4.78 is 1.88. The SMILES string of the molecule is N#Cc1cccc2c1ccn2CC(=O)c1ccccc1. The van der Waals surface area contributed by atoms with Gasteiger partial charge in [0.2, 0.25) is 0 Å². The van der Waals surface area contributed by atoms with E-state index in [2.05, 4.69) is 6.07 Å². The van der Waals surface area contributed by atoms with E-state index in [0.29, 0.717) is 11.1 Å². The van der Waals surface area contributed by atoms with Crippen LogP contribution in [0.2, 0.25) is 0 Å². The van der Waals surface area contributed by atoms with Gasteiger partial charge in [0.25, 0.3) is 0 Å². The summed E-state index contributed by atoms with van der Waals surface area (Å²) in [6.45, 7) is 0.280. The molecular formula is C17H12N2O. The molecule has 3 aromatic rings. The van der Waals surface area contributed by atoms with Crippen molar-refractivity contribution in [3.63, 3.8) is 0 Å². The molecule has 0 fully saturated rings. The normalized spacial score (nSPS) is 10.3. The molecule has 3 rings (SSSR count). The number of carbonyl (C=O) groups is 1. The van der Waals surface area contributed by atoms with E-state index < -0.39 is 0 Å². The van der Waals surface area contributed by atoms with Gasteiger partial charge in [-0.1, -0.05) is 36.4 Å². The number of fused-ring (bicyclic) bond motifs is 1. The van der Waals surface area contributed by atoms with E-state index in [-0.39, 0.29) is 12.3 Å². The van der Waals surface area contributed by atoms with Crippen LogP contribution in [0.25, 0.3) is 10.9 Å². The predicted molar refractivity (Wildman–Crippen MR) is 77.4 cm³/mol. The van der Waals surface area contributed by atoms with Crippen molar-refractivity contribution in [2.75, 3.05) is 0 Å². The number of nitrogens with zero attached hydrogens (tertiary/aromatic N) is 2. The van der Waals surface area contributed by atoms with Gasteiger partial charge >= 0.3 is 0 Å². The lowest BCUT2D eigenvalue weighted by atomic mass is 10.1. The first-order valence-corrected chi connectivity index (χ1v) is 6.36. The van der Waals surface area contributed by atoms with Crippen molar-refractivity contribution >= 4 is 16.7 Å². The first-order chi connectivity index (χ1) is 9.79. The number of aromatic nitrogens is 1. The molecule has 0 aliphatic heterocycles. The van der Waals surface area contributed by atoms with Gasteiger partial charge in [-0.25, -0.2) is 0 Å². The van der Waals surface area contributed by atoms with Crippen molar-refractivity contribution < 1.29 is 4.79 Å². The van der Waals surface area contributed by atoms with Crippen LogP contribution in [0, 0.1) is 11.3 Å². The molecule has 96 valence electrons. The van der Waals surface area contributed by atoms with Gasteiger partial charge in [0.1, 0.15) is 0 Å². The van der Waals surface area contributed by atoms with E-state index in [0.717, 1.165) is 10.9 Å². The topological polar surface area (TPSA) is 45.8 Å². The summed E-state index contributed by atoms with van der Waals surface area (Å²) in [5.41, 5.74) is 2.24. The Balaban J connectivity index is 1.97. The maximum atomic E-state index is 12.2. The lowest BCUT2D eigenvalue weighted by molar-refractivity contribution is 0.0973. The number of rotatable bonds is 3. The van der Waals surface area contributed by atoms with Crippen LogP contribution in [0.15, 0.2) is 60.8 Å². The third-order valence-corrected chi connectivity index (χ3v) is 3.34. The van der Waals surface area contributed by atoms with Gasteiger partial charge in [-0.3, -0.25) is 4.79 Å². The highest BCUT2D eigenvalue weighted by Crippen LogP contribution is 2.20. The Bertz CT molecular complexity index is 810. The fraction of sp³-hybridized carbons (Fsp3) is 0.0588. The van der Waals surface area contributed by atoms with E-state index >= 15 is 0 Å². The molecule has 2 aromatic carbocycles. The molecular weight excluding hydrogens is 248 g/mol. The second-order valence-corrected chi connectivity index (χ2v) is 4.58. The summed E-state index contributed by atoms with van der Waals surface area (Å²) >= 11 is 0. The Morgan fingerprint density at radius 3 is 2.60 bits per heavy atom. The number of hydrogen-bond acceptors (Lipinski definition) is 2. The van der Waals surface area contributed by atoms with Crippen molar-refractivity contribution in [3.05, 3.63) is 71.9 Å². The molecule has 0 spiro atoms. The third-order valence-electron chi connectivity index (χ3n) is 3.34. The summed E-state index contributed by atoms with van der Waals surface area (Å²) in [6.07, 6.45) is 1.85. The maximum absolute atomic E-state index is 12.2. The van der Waals surface area contributed by atoms with Gasteiger partial charge in [-0.2, -0.15) is 5.26 Å². The Hall–Kier alpha value is -2.86. The minimum absolute atomic E-state index is 0.0606. The summed E-state index contributed by atoms with van der Waals surface area (Å²) in [5.74, 6) is 0.0606. The summed E-state index contributed by atoms with van der Waals surface area (Å²) in [6, 6.07) is 18.8. The quantitative estimate of drug-likeness (QED) is 0.677. The maximum Gasteiger partial charge on any atom is 0.182 e. The molecule has 1 heterocycles. The molecule has 0 bridgehead atoms. The van der Waals surface area contributed by atoms with Crippen molar-refractivity contribution in [3.8, 4) is 6.07 Å². The molecule has 0 atom stereocenters. The first kappa shape index (κ1) is 12.2. The van der Waals surface area contributed by atoms with Crippen LogP contribution < -0.4 is 0 Å². The van der Waals surface area contributed by atoms with E-state index in [1.807, 2.05) is 59.3 Å². The van der Waals surface area contributed by atoms with Crippen LogP contribution in [0.4, 0.5) is 0 Å². The van der Waals surface area contributed by atoms with Crippen LogP contribution >= 0.6 is 0 Å². The van der Waals surface area contributed by atoms with Gasteiger partial charge in [-0.05, 0) is 18.2 Å². The van der Waals surface area contributed by atoms with E-state index in [1.54, 1.807) is 6.07 Å². The molecule has 3 heteroatoms. The fourth-order valence-corrected chi connectivity index (χ4v) is 2.33. The summed E-state index contributed by atoms with van der Waals surface area (Å²) in [7, 11) is 0. The van der Waals surface area contributed by atoms with Crippen LogP contribution in [-0.4, -0.2) is 10.4 Å². The first-order valence-electron chi connectivity index (χ1n) is 6.36. The smallest absolute Gasteiger partial charge is 0.182 e. The van der Waals surface area contributed by atoms with Crippen LogP contribution in [-0.2, 0) is 6.54 Å². The fourth-order valence-electron chi connectivity index (χ4n) is 2.33. The Morgan fingerprint density at radius 2 is 1.85 bits per heavy atom. The Morgan fingerprint density at radius 1 is 1.05 bits per heavy atom. The lowest BCUT2D eigenvalue weighted by Crippen LogP contribution is -2.09. The summed E-state index contributed by atoms with van der Waals surface area (Å²) in [4.78, 5) is 12.2. The molecule has 0 saturated heterocycles. The highest BCUT2D eigenvalue weighted by atomic mass is 16.1. The third kappa shape index (κ3) is 2.08. The molecule has 0 unspecified atom stereocenters. The average Bonchev–Trinajstić information content (AvgIpc) is 2.91. The number of benzene rings is 2. The monoisotopic (exact) mass is 260 g/mol. The van der Waals surface area contributed by atoms with Crippen LogP contribution in [0.5, 0.6) is 0 Å². The van der Waals surface area contributed by atoms with Gasteiger partial charge < -0.3 is 4.57 Å². The molecule has 0 radical (unpaired) electrons. The molecule has 0 aliphatic carbocycles. The molecule has 0 aliphatic rings. The van der Waals surface area contributed by atoms with Gasteiger partial charge in [0.05, 0.1) is 18.2 Å².